The number of hydrogen-bond acceptors (Lipinski definition) is 6. The molecule has 0 radical (unpaired) electrons. The molecule has 1 fully saturated rings. The van der Waals surface area contributed by atoms with Crippen molar-refractivity contribution in [1.82, 2.24) is 15.5 Å². The monoisotopic (exact) mass is 407 g/mol. The number of thioether (sulfide) groups is 1. The van der Waals surface area contributed by atoms with Crippen LogP contribution in [0.4, 0.5) is 4.39 Å². The van der Waals surface area contributed by atoms with E-state index in [2.05, 4.69) is 15.5 Å². The van der Waals surface area contributed by atoms with Crippen LogP contribution in [0, 0.1) is 5.82 Å². The van der Waals surface area contributed by atoms with Crippen LogP contribution >= 0.6 is 11.8 Å². The van der Waals surface area contributed by atoms with Crippen molar-refractivity contribution in [3.05, 3.63) is 36.0 Å². The molecule has 152 valence electrons. The third kappa shape index (κ3) is 5.70. The lowest BCUT2D eigenvalue weighted by Gasteiger charge is -2.18. The first-order valence-corrected chi connectivity index (χ1v) is 10.6. The van der Waals surface area contributed by atoms with Crippen LogP contribution < -0.4 is 10.1 Å². The largest absolute Gasteiger partial charge is 0.478 e. The van der Waals surface area contributed by atoms with Crippen LogP contribution in [0.1, 0.15) is 64.4 Å². The zero-order valence-electron chi connectivity index (χ0n) is 16.2. The summed E-state index contributed by atoms with van der Waals surface area (Å²) in [6.45, 7) is 3.52. The fourth-order valence-electron chi connectivity index (χ4n) is 3.16. The maximum absolute atomic E-state index is 13.7. The Bertz CT molecular complexity index is 778. The predicted molar refractivity (Wildman–Crippen MR) is 105 cm³/mol. The van der Waals surface area contributed by atoms with Crippen LogP contribution in [0.25, 0.3) is 0 Å². The number of amides is 1. The first-order valence-electron chi connectivity index (χ1n) is 9.74. The second-order valence-corrected chi connectivity index (χ2v) is 8.35. The molecule has 6 nitrogen and oxygen atoms in total. The summed E-state index contributed by atoms with van der Waals surface area (Å²) in [5, 5.41) is 11.0. The van der Waals surface area contributed by atoms with Gasteiger partial charge in [0.2, 0.25) is 5.91 Å². The summed E-state index contributed by atoms with van der Waals surface area (Å²) in [5.41, 5.74) is 0. The minimum atomic E-state index is -0.603. The fourth-order valence-corrected chi connectivity index (χ4v) is 3.86. The second-order valence-electron chi connectivity index (χ2n) is 7.05. The first kappa shape index (κ1) is 20.6. The molecule has 0 saturated heterocycles. The number of aromatic nitrogens is 2. The average molecular weight is 408 g/mol. The van der Waals surface area contributed by atoms with Gasteiger partial charge in [-0.05, 0) is 38.8 Å². The highest BCUT2D eigenvalue weighted by Gasteiger charge is 2.23. The summed E-state index contributed by atoms with van der Waals surface area (Å²) in [5.74, 6) is -0.111. The van der Waals surface area contributed by atoms with Crippen molar-refractivity contribution in [3.63, 3.8) is 0 Å². The molecule has 1 aliphatic carbocycles. The van der Waals surface area contributed by atoms with Crippen LogP contribution in [0.5, 0.6) is 5.75 Å². The average Bonchev–Trinajstić information content (AvgIpc) is 2.99. The van der Waals surface area contributed by atoms with Gasteiger partial charge in [0.05, 0.1) is 5.25 Å². The number of nitrogens with zero attached hydrogens (tertiary/aromatic N) is 2. The Morgan fingerprint density at radius 3 is 2.64 bits per heavy atom. The smallest absolute Gasteiger partial charge is 0.277 e. The van der Waals surface area contributed by atoms with Crippen molar-refractivity contribution in [2.75, 3.05) is 0 Å². The number of hydrogen-bond donors (Lipinski definition) is 1. The third-order valence-electron chi connectivity index (χ3n) is 4.76. The number of benzene rings is 1. The Morgan fingerprint density at radius 1 is 1.21 bits per heavy atom. The molecule has 1 N–H and O–H groups in total. The van der Waals surface area contributed by atoms with Gasteiger partial charge in [-0.1, -0.05) is 49.6 Å². The van der Waals surface area contributed by atoms with Gasteiger partial charge in [-0.3, -0.25) is 4.79 Å². The molecule has 28 heavy (non-hydrogen) atoms. The van der Waals surface area contributed by atoms with Gasteiger partial charge < -0.3 is 14.5 Å². The minimum Gasteiger partial charge on any atom is -0.478 e. The van der Waals surface area contributed by atoms with E-state index in [1.165, 1.54) is 49.6 Å². The molecule has 1 aromatic carbocycles. The maximum Gasteiger partial charge on any atom is 0.277 e. The summed E-state index contributed by atoms with van der Waals surface area (Å²) in [7, 11) is 0. The molecule has 0 aliphatic heterocycles. The molecule has 0 bridgehead atoms. The number of carbonyl (C=O) groups is 1. The normalized spacial score (nSPS) is 17.5. The van der Waals surface area contributed by atoms with E-state index in [0.717, 1.165) is 12.8 Å². The number of ether oxygens (including phenoxy) is 1. The molecule has 0 unspecified atom stereocenters. The molecular formula is C20H26FN3O3S. The molecule has 1 amide bonds. The van der Waals surface area contributed by atoms with Crippen molar-refractivity contribution in [3.8, 4) is 5.75 Å². The summed E-state index contributed by atoms with van der Waals surface area (Å²) >= 11 is 1.21. The van der Waals surface area contributed by atoms with Gasteiger partial charge in [0.25, 0.3) is 11.1 Å². The van der Waals surface area contributed by atoms with E-state index >= 15 is 0 Å². The molecule has 3 rings (SSSR count). The van der Waals surface area contributed by atoms with E-state index < -0.39 is 11.9 Å². The quantitative estimate of drug-likeness (QED) is 0.531. The van der Waals surface area contributed by atoms with Gasteiger partial charge in [0, 0.05) is 6.04 Å². The summed E-state index contributed by atoms with van der Waals surface area (Å²) in [4.78, 5) is 12.5. The van der Waals surface area contributed by atoms with Crippen LogP contribution in [-0.2, 0) is 4.79 Å². The van der Waals surface area contributed by atoms with Crippen molar-refractivity contribution in [2.24, 2.45) is 0 Å². The molecule has 1 heterocycles. The van der Waals surface area contributed by atoms with Gasteiger partial charge >= 0.3 is 0 Å². The van der Waals surface area contributed by atoms with Gasteiger partial charge in [-0.15, -0.1) is 10.2 Å². The lowest BCUT2D eigenvalue weighted by atomic mass is 10.1. The predicted octanol–water partition coefficient (Wildman–Crippen LogP) is 4.67. The van der Waals surface area contributed by atoms with Crippen molar-refractivity contribution in [1.29, 1.82) is 0 Å². The lowest BCUT2D eigenvalue weighted by Crippen LogP contribution is -2.39. The summed E-state index contributed by atoms with van der Waals surface area (Å²) in [6.07, 6.45) is 6.30. The highest BCUT2D eigenvalue weighted by molar-refractivity contribution is 8.00. The highest BCUT2D eigenvalue weighted by Crippen LogP contribution is 2.27. The van der Waals surface area contributed by atoms with Crippen LogP contribution in [0.2, 0.25) is 0 Å². The minimum absolute atomic E-state index is 0.0210. The summed E-state index contributed by atoms with van der Waals surface area (Å²) < 4.78 is 24.9. The molecule has 1 aliphatic rings. The zero-order valence-corrected chi connectivity index (χ0v) is 17.0. The fraction of sp³-hybridized carbons (Fsp3) is 0.550. The second kappa shape index (κ2) is 9.91. The Hall–Kier alpha value is -2.09. The van der Waals surface area contributed by atoms with E-state index in [-0.39, 0.29) is 28.8 Å². The SMILES string of the molecule is C[C@H](Sc1nnc([C@H](C)Oc2ccccc2F)o1)C(=O)NC1CCCCCC1. The van der Waals surface area contributed by atoms with Crippen molar-refractivity contribution >= 4 is 17.7 Å². The molecule has 1 aromatic heterocycles. The Morgan fingerprint density at radius 2 is 1.93 bits per heavy atom. The summed E-state index contributed by atoms with van der Waals surface area (Å²) in [6, 6.07) is 6.40. The molecular weight excluding hydrogens is 381 g/mol. The van der Waals surface area contributed by atoms with E-state index in [4.69, 9.17) is 9.15 Å². The van der Waals surface area contributed by atoms with Gasteiger partial charge in [0.15, 0.2) is 17.7 Å². The third-order valence-corrected chi connectivity index (χ3v) is 5.69. The van der Waals surface area contributed by atoms with Crippen LogP contribution in [0.3, 0.4) is 0 Å². The van der Waals surface area contributed by atoms with E-state index in [0.29, 0.717) is 5.22 Å². The van der Waals surface area contributed by atoms with Crippen molar-refractivity contribution < 1.29 is 18.3 Å². The molecule has 1 saturated carbocycles. The Labute approximate surface area is 168 Å². The number of nitrogens with one attached hydrogen (secondary N) is 1. The number of rotatable bonds is 7. The number of carbonyl (C=O) groups excluding carboxylic acids is 1. The Balaban J connectivity index is 1.53. The lowest BCUT2D eigenvalue weighted by molar-refractivity contribution is -0.121. The Kier molecular flexibility index (Phi) is 7.30. The maximum atomic E-state index is 13.7. The molecule has 2 aromatic rings. The standard InChI is InChI=1S/C20H26FN3O3S/c1-13(26-17-12-8-7-11-16(17)21)19-23-24-20(27-19)28-14(2)18(25)22-15-9-5-3-4-6-10-15/h7-8,11-15H,3-6,9-10H2,1-2H3,(H,22,25)/t13-,14-/m0/s1. The van der Waals surface area contributed by atoms with Gasteiger partial charge in [0.1, 0.15) is 0 Å². The molecule has 8 heteroatoms. The van der Waals surface area contributed by atoms with Crippen LogP contribution in [-0.4, -0.2) is 27.4 Å². The molecule has 0 spiro atoms. The van der Waals surface area contributed by atoms with Gasteiger partial charge in [-0.2, -0.15) is 0 Å². The molecule has 2 atom stereocenters. The highest BCUT2D eigenvalue weighted by atomic mass is 32.2. The first-order chi connectivity index (χ1) is 13.5. The number of halogens is 1. The topological polar surface area (TPSA) is 77.2 Å². The van der Waals surface area contributed by atoms with Gasteiger partial charge in [-0.25, -0.2) is 4.39 Å². The van der Waals surface area contributed by atoms with Crippen molar-refractivity contribution in [2.45, 2.75) is 75.0 Å². The number of para-hydroxylation sites is 1. The van der Waals surface area contributed by atoms with E-state index in [9.17, 15) is 9.18 Å². The van der Waals surface area contributed by atoms with Crippen LogP contribution in [0.15, 0.2) is 33.9 Å². The van der Waals surface area contributed by atoms with E-state index in [1.54, 1.807) is 19.1 Å². The van der Waals surface area contributed by atoms with E-state index in [1.807, 2.05) is 6.92 Å². The zero-order chi connectivity index (χ0) is 19.9.